The number of nitrogens with one attached hydrogen (secondary N) is 3. The molecule has 3 N–H and O–H groups in total. The summed E-state index contributed by atoms with van der Waals surface area (Å²) in [6.45, 7) is 2.72. The van der Waals surface area contributed by atoms with Crippen molar-refractivity contribution in [2.45, 2.75) is 13.3 Å². The topological polar surface area (TPSA) is 53.2 Å². The van der Waals surface area contributed by atoms with Crippen LogP contribution in [0.1, 0.15) is 13.3 Å². The van der Waals surface area contributed by atoms with Crippen LogP contribution < -0.4 is 16.4 Å². The molecule has 52 valence electrons. The zero-order chi connectivity index (χ0) is 6.69. The van der Waals surface area contributed by atoms with Crippen LogP contribution >= 0.6 is 0 Å². The molecule has 1 fully saturated rings. The van der Waals surface area contributed by atoms with Crippen LogP contribution in [0.5, 0.6) is 0 Å². The average molecular weight is 129 g/mol. The van der Waals surface area contributed by atoms with Crippen molar-refractivity contribution in [2.24, 2.45) is 5.92 Å². The molecule has 1 aliphatic rings. The van der Waals surface area contributed by atoms with Gasteiger partial charge in [-0.2, -0.15) is 5.53 Å². The maximum Gasteiger partial charge on any atom is 0.239 e. The van der Waals surface area contributed by atoms with Crippen LogP contribution in [0.4, 0.5) is 0 Å². The van der Waals surface area contributed by atoms with Crippen molar-refractivity contribution >= 4 is 5.91 Å². The summed E-state index contributed by atoms with van der Waals surface area (Å²) in [5.41, 5.74) is 7.87. The molecule has 0 aromatic carbocycles. The molecule has 1 atom stereocenters. The van der Waals surface area contributed by atoms with Gasteiger partial charge in [-0.05, 0) is 6.42 Å². The Hall–Kier alpha value is -0.610. The molecule has 0 aromatic rings. The Morgan fingerprint density at radius 3 is 3.00 bits per heavy atom. The lowest BCUT2D eigenvalue weighted by atomic mass is 10.1. The highest BCUT2D eigenvalue weighted by Crippen LogP contribution is 2.00. The number of hydrogen-bond acceptors (Lipinski definition) is 3. The molecular weight excluding hydrogens is 118 g/mol. The van der Waals surface area contributed by atoms with Crippen LogP contribution in [0, 0.1) is 5.92 Å². The molecule has 0 radical (unpaired) electrons. The summed E-state index contributed by atoms with van der Waals surface area (Å²) in [5, 5.41) is 0. The van der Waals surface area contributed by atoms with Gasteiger partial charge in [-0.15, -0.1) is 0 Å². The van der Waals surface area contributed by atoms with Crippen molar-refractivity contribution in [3.63, 3.8) is 0 Å². The molecule has 4 heteroatoms. The van der Waals surface area contributed by atoms with E-state index in [4.69, 9.17) is 0 Å². The summed E-state index contributed by atoms with van der Waals surface area (Å²) in [4.78, 5) is 10.8. The highest BCUT2D eigenvalue weighted by atomic mass is 16.2. The largest absolute Gasteiger partial charge is 0.278 e. The van der Waals surface area contributed by atoms with E-state index in [1.165, 1.54) is 0 Å². The summed E-state index contributed by atoms with van der Waals surface area (Å²) in [7, 11) is 0. The van der Waals surface area contributed by atoms with E-state index < -0.39 is 0 Å². The van der Waals surface area contributed by atoms with Crippen LogP contribution in [-0.4, -0.2) is 12.5 Å². The third kappa shape index (κ3) is 1.40. The summed E-state index contributed by atoms with van der Waals surface area (Å²) in [5.74, 6) is 0.211. The van der Waals surface area contributed by atoms with Crippen LogP contribution in [0.25, 0.3) is 0 Å². The zero-order valence-electron chi connectivity index (χ0n) is 5.40. The fraction of sp³-hybridized carbons (Fsp3) is 0.800. The van der Waals surface area contributed by atoms with Crippen molar-refractivity contribution in [1.82, 2.24) is 16.4 Å². The van der Waals surface area contributed by atoms with E-state index in [1.807, 2.05) is 6.92 Å². The van der Waals surface area contributed by atoms with Crippen molar-refractivity contribution in [3.8, 4) is 0 Å². The third-order valence-corrected chi connectivity index (χ3v) is 1.49. The van der Waals surface area contributed by atoms with Gasteiger partial charge in [0.2, 0.25) is 5.91 Å². The van der Waals surface area contributed by atoms with E-state index in [0.717, 1.165) is 13.0 Å². The van der Waals surface area contributed by atoms with E-state index in [1.54, 1.807) is 0 Å². The first-order valence-corrected chi connectivity index (χ1v) is 3.12. The second-order valence-corrected chi connectivity index (χ2v) is 2.10. The Morgan fingerprint density at radius 2 is 2.56 bits per heavy atom. The van der Waals surface area contributed by atoms with Gasteiger partial charge in [0, 0.05) is 6.54 Å². The number of carbonyl (C=O) groups is 1. The monoisotopic (exact) mass is 129 g/mol. The minimum Gasteiger partial charge on any atom is -0.278 e. The van der Waals surface area contributed by atoms with Gasteiger partial charge in [0.25, 0.3) is 0 Å². The Bertz CT molecular complexity index is 115. The third-order valence-electron chi connectivity index (χ3n) is 1.49. The second-order valence-electron chi connectivity index (χ2n) is 2.10. The molecule has 1 amide bonds. The van der Waals surface area contributed by atoms with Crippen LogP contribution in [0.3, 0.4) is 0 Å². The quantitative estimate of drug-likeness (QED) is 0.432. The number of rotatable bonds is 1. The van der Waals surface area contributed by atoms with Crippen LogP contribution in [-0.2, 0) is 4.79 Å². The Morgan fingerprint density at radius 1 is 1.78 bits per heavy atom. The molecule has 1 aliphatic heterocycles. The molecule has 1 heterocycles. The smallest absolute Gasteiger partial charge is 0.239 e. The Balaban J connectivity index is 2.39. The normalized spacial score (nSPS) is 27.7. The summed E-state index contributed by atoms with van der Waals surface area (Å²) < 4.78 is 0. The minimum absolute atomic E-state index is 0.0799. The second kappa shape index (κ2) is 2.80. The van der Waals surface area contributed by atoms with Gasteiger partial charge < -0.3 is 0 Å². The Labute approximate surface area is 53.9 Å². The molecule has 0 aromatic heterocycles. The van der Waals surface area contributed by atoms with E-state index >= 15 is 0 Å². The van der Waals surface area contributed by atoms with Gasteiger partial charge in [0.05, 0.1) is 5.92 Å². The molecule has 0 saturated carbocycles. The molecule has 1 rings (SSSR count). The standard InChI is InChI=1S/C5H11N3O/c1-2-4-3-6-8-7-5(4)9/h4,6,8H,2-3H2,1H3,(H,7,9). The number of hydrazine groups is 2. The fourth-order valence-electron chi connectivity index (χ4n) is 0.805. The molecule has 4 nitrogen and oxygen atoms in total. The summed E-state index contributed by atoms with van der Waals surface area (Å²) in [6.07, 6.45) is 0.889. The van der Waals surface area contributed by atoms with E-state index in [0.29, 0.717) is 0 Å². The Kier molecular flexibility index (Phi) is 2.02. The molecule has 0 aliphatic carbocycles. The highest BCUT2D eigenvalue weighted by molar-refractivity contribution is 5.78. The van der Waals surface area contributed by atoms with E-state index in [-0.39, 0.29) is 11.8 Å². The first kappa shape index (κ1) is 6.51. The maximum atomic E-state index is 10.8. The van der Waals surface area contributed by atoms with Crippen molar-refractivity contribution in [1.29, 1.82) is 0 Å². The van der Waals surface area contributed by atoms with Gasteiger partial charge >= 0.3 is 0 Å². The zero-order valence-corrected chi connectivity index (χ0v) is 5.40. The summed E-state index contributed by atoms with van der Waals surface area (Å²) >= 11 is 0. The lowest BCUT2D eigenvalue weighted by molar-refractivity contribution is -0.128. The van der Waals surface area contributed by atoms with Gasteiger partial charge in [0.15, 0.2) is 0 Å². The van der Waals surface area contributed by atoms with Crippen molar-refractivity contribution in [3.05, 3.63) is 0 Å². The van der Waals surface area contributed by atoms with Gasteiger partial charge in [-0.3, -0.25) is 10.2 Å². The molecule has 0 spiro atoms. The van der Waals surface area contributed by atoms with Crippen molar-refractivity contribution in [2.75, 3.05) is 6.54 Å². The van der Waals surface area contributed by atoms with E-state index in [9.17, 15) is 4.79 Å². The fourth-order valence-corrected chi connectivity index (χ4v) is 0.805. The summed E-state index contributed by atoms with van der Waals surface area (Å²) in [6, 6.07) is 0. The number of hydrogen-bond donors (Lipinski definition) is 3. The van der Waals surface area contributed by atoms with Crippen LogP contribution in [0.2, 0.25) is 0 Å². The SMILES string of the molecule is CCC1CNNNC1=O. The molecular formula is C5H11N3O. The van der Waals surface area contributed by atoms with Gasteiger partial charge in [0.1, 0.15) is 0 Å². The first-order valence-electron chi connectivity index (χ1n) is 3.12. The predicted molar refractivity (Wildman–Crippen MR) is 33.1 cm³/mol. The van der Waals surface area contributed by atoms with Gasteiger partial charge in [-0.25, -0.2) is 5.43 Å². The average Bonchev–Trinajstić information content (AvgIpc) is 1.89. The van der Waals surface area contributed by atoms with Crippen molar-refractivity contribution < 1.29 is 4.79 Å². The molecule has 9 heavy (non-hydrogen) atoms. The molecule has 1 saturated heterocycles. The lowest BCUT2D eigenvalue weighted by Crippen LogP contribution is -2.57. The minimum atomic E-state index is 0.0799. The highest BCUT2D eigenvalue weighted by Gasteiger charge is 2.18. The lowest BCUT2D eigenvalue weighted by Gasteiger charge is -2.21. The first-order chi connectivity index (χ1) is 4.34. The predicted octanol–water partition coefficient (Wildman–Crippen LogP) is -0.848. The van der Waals surface area contributed by atoms with E-state index in [2.05, 4.69) is 16.4 Å². The van der Waals surface area contributed by atoms with Gasteiger partial charge in [-0.1, -0.05) is 6.92 Å². The number of carbonyl (C=O) groups excluding carboxylic acids is 1. The van der Waals surface area contributed by atoms with Crippen LogP contribution in [0.15, 0.2) is 0 Å². The maximum absolute atomic E-state index is 10.8. The molecule has 0 bridgehead atoms. The number of amides is 1. The molecule has 1 unspecified atom stereocenters.